The molecule has 0 atom stereocenters. The largest absolute Gasteiger partial charge is 0.365 e. The molecule has 7 heteroatoms. The topological polar surface area (TPSA) is 68.1 Å². The molecule has 0 bridgehead atoms. The zero-order chi connectivity index (χ0) is 15.2. The summed E-state index contributed by atoms with van der Waals surface area (Å²) >= 11 is 0. The molecular weight excluding hydrogens is 282 g/mol. The summed E-state index contributed by atoms with van der Waals surface area (Å²) in [6.07, 6.45) is 1.07. The van der Waals surface area contributed by atoms with Crippen LogP contribution in [0.15, 0.2) is 52.8 Å². The van der Waals surface area contributed by atoms with Crippen LogP contribution in [0.2, 0.25) is 0 Å². The fourth-order valence-corrected chi connectivity index (χ4v) is 1.44. The molecule has 2 aromatic carbocycles. The standard InChI is InChI=1S/C14H8F2N2O3/c15-12-6-1-9(7-13(12)16)8-17-21-14(19)10-2-4-11(18-20)5-3-10/h1-8H. The molecule has 0 aliphatic carbocycles. The highest BCUT2D eigenvalue weighted by atomic mass is 19.2. The van der Waals surface area contributed by atoms with Gasteiger partial charge in [0.2, 0.25) is 0 Å². The molecule has 0 fully saturated rings. The summed E-state index contributed by atoms with van der Waals surface area (Å²) in [5.41, 5.74) is 0.587. The fourth-order valence-electron chi connectivity index (χ4n) is 1.44. The molecule has 0 radical (unpaired) electrons. The zero-order valence-corrected chi connectivity index (χ0v) is 10.5. The second kappa shape index (κ2) is 6.47. The number of carbonyl (C=O) groups excluding carboxylic acids is 1. The molecule has 0 aliphatic rings. The lowest BCUT2D eigenvalue weighted by Crippen LogP contribution is -2.00. The highest BCUT2D eigenvalue weighted by Crippen LogP contribution is 2.13. The van der Waals surface area contributed by atoms with E-state index in [1.165, 1.54) is 30.3 Å². The summed E-state index contributed by atoms with van der Waals surface area (Å²) in [5.74, 6) is -2.76. The molecular formula is C14H8F2N2O3. The number of rotatable bonds is 4. The Bertz CT molecular complexity index is 700. The van der Waals surface area contributed by atoms with E-state index in [1.807, 2.05) is 0 Å². The third-order valence-corrected chi connectivity index (χ3v) is 2.49. The predicted molar refractivity (Wildman–Crippen MR) is 71.3 cm³/mol. The van der Waals surface area contributed by atoms with Crippen molar-refractivity contribution in [2.75, 3.05) is 0 Å². The number of halogens is 2. The van der Waals surface area contributed by atoms with Crippen LogP contribution in [0.25, 0.3) is 0 Å². The van der Waals surface area contributed by atoms with Gasteiger partial charge in [0.05, 0.1) is 11.8 Å². The van der Waals surface area contributed by atoms with E-state index in [1.54, 1.807) is 0 Å². The number of nitrogens with zero attached hydrogens (tertiary/aromatic N) is 2. The summed E-state index contributed by atoms with van der Waals surface area (Å²) in [7, 11) is 0. The maximum atomic E-state index is 12.9. The summed E-state index contributed by atoms with van der Waals surface area (Å²) in [6.45, 7) is 0. The van der Waals surface area contributed by atoms with Crippen LogP contribution in [-0.2, 0) is 4.84 Å². The molecule has 0 unspecified atom stereocenters. The van der Waals surface area contributed by atoms with Crippen LogP contribution >= 0.6 is 0 Å². The molecule has 2 rings (SSSR count). The van der Waals surface area contributed by atoms with Crippen LogP contribution in [0, 0.1) is 16.5 Å². The minimum atomic E-state index is -1.03. The van der Waals surface area contributed by atoms with Crippen molar-refractivity contribution in [3.05, 3.63) is 70.1 Å². The molecule has 0 amide bonds. The first-order valence-corrected chi connectivity index (χ1v) is 5.73. The maximum absolute atomic E-state index is 12.9. The quantitative estimate of drug-likeness (QED) is 0.374. The van der Waals surface area contributed by atoms with Crippen LogP contribution in [0.4, 0.5) is 14.5 Å². The van der Waals surface area contributed by atoms with Gasteiger partial charge in [-0.05, 0) is 47.1 Å². The number of oxime groups is 1. The van der Waals surface area contributed by atoms with Crippen molar-refractivity contribution in [2.24, 2.45) is 10.3 Å². The van der Waals surface area contributed by atoms with Gasteiger partial charge in [-0.2, -0.15) is 0 Å². The maximum Gasteiger partial charge on any atom is 0.365 e. The van der Waals surface area contributed by atoms with Gasteiger partial charge in [0.1, 0.15) is 5.69 Å². The molecule has 0 aromatic heterocycles. The van der Waals surface area contributed by atoms with Gasteiger partial charge in [0, 0.05) is 0 Å². The van der Waals surface area contributed by atoms with Gasteiger partial charge in [-0.3, -0.25) is 0 Å². The van der Waals surface area contributed by atoms with Crippen molar-refractivity contribution in [3.8, 4) is 0 Å². The van der Waals surface area contributed by atoms with Gasteiger partial charge in [0.15, 0.2) is 11.6 Å². The van der Waals surface area contributed by atoms with Gasteiger partial charge in [-0.1, -0.05) is 11.2 Å². The van der Waals surface area contributed by atoms with Crippen molar-refractivity contribution in [3.63, 3.8) is 0 Å². The van der Waals surface area contributed by atoms with Crippen molar-refractivity contribution >= 4 is 17.9 Å². The Morgan fingerprint density at radius 1 is 1.05 bits per heavy atom. The van der Waals surface area contributed by atoms with E-state index in [9.17, 15) is 18.5 Å². The van der Waals surface area contributed by atoms with Crippen LogP contribution in [0.1, 0.15) is 15.9 Å². The molecule has 0 spiro atoms. The molecule has 2 aromatic rings. The summed E-state index contributed by atoms with van der Waals surface area (Å²) < 4.78 is 25.6. The van der Waals surface area contributed by atoms with Crippen LogP contribution in [0.3, 0.4) is 0 Å². The Hall–Kier alpha value is -2.96. The van der Waals surface area contributed by atoms with Gasteiger partial charge < -0.3 is 4.84 Å². The first kappa shape index (κ1) is 14.4. The zero-order valence-electron chi connectivity index (χ0n) is 10.5. The highest BCUT2D eigenvalue weighted by Gasteiger charge is 2.07. The van der Waals surface area contributed by atoms with Crippen LogP contribution < -0.4 is 0 Å². The van der Waals surface area contributed by atoms with Crippen LogP contribution in [0.5, 0.6) is 0 Å². The summed E-state index contributed by atoms with van der Waals surface area (Å²) in [6, 6.07) is 8.53. The molecule has 0 N–H and O–H groups in total. The van der Waals surface area contributed by atoms with Gasteiger partial charge >= 0.3 is 5.97 Å². The number of benzene rings is 2. The second-order valence-electron chi connectivity index (χ2n) is 3.92. The average molecular weight is 290 g/mol. The summed E-state index contributed by atoms with van der Waals surface area (Å²) in [5, 5.41) is 6.07. The van der Waals surface area contributed by atoms with Crippen molar-refractivity contribution < 1.29 is 18.4 Å². The smallest absolute Gasteiger partial charge is 0.313 e. The third kappa shape index (κ3) is 3.75. The minimum absolute atomic E-state index is 0.171. The molecule has 5 nitrogen and oxygen atoms in total. The molecule has 0 saturated carbocycles. The van der Waals surface area contributed by atoms with Gasteiger partial charge in [-0.15, -0.1) is 4.91 Å². The molecule has 21 heavy (non-hydrogen) atoms. The van der Waals surface area contributed by atoms with Crippen molar-refractivity contribution in [1.29, 1.82) is 0 Å². The SMILES string of the molecule is O=Nc1ccc(C(=O)ON=Cc2ccc(F)c(F)c2)cc1. The molecule has 0 aliphatic heterocycles. The predicted octanol–water partition coefficient (Wildman–Crippen LogP) is 3.55. The fraction of sp³-hybridized carbons (Fsp3) is 0. The van der Waals surface area contributed by atoms with Gasteiger partial charge in [0.25, 0.3) is 0 Å². The van der Waals surface area contributed by atoms with E-state index < -0.39 is 17.6 Å². The average Bonchev–Trinajstić information content (AvgIpc) is 2.51. The minimum Gasteiger partial charge on any atom is -0.313 e. The highest BCUT2D eigenvalue weighted by molar-refractivity contribution is 5.90. The number of carbonyl (C=O) groups is 1. The van der Waals surface area contributed by atoms with Crippen molar-refractivity contribution in [1.82, 2.24) is 0 Å². The van der Waals surface area contributed by atoms with E-state index in [0.717, 1.165) is 18.3 Å². The Morgan fingerprint density at radius 2 is 1.76 bits per heavy atom. The lowest BCUT2D eigenvalue weighted by Gasteiger charge is -1.98. The van der Waals surface area contributed by atoms with E-state index >= 15 is 0 Å². The number of hydrogen-bond acceptors (Lipinski definition) is 5. The Kier molecular flexibility index (Phi) is 4.45. The first-order chi connectivity index (χ1) is 10.1. The van der Waals surface area contributed by atoms with E-state index in [0.29, 0.717) is 0 Å². The number of nitroso groups, excluding NO2 is 1. The Morgan fingerprint density at radius 3 is 2.38 bits per heavy atom. The van der Waals surface area contributed by atoms with E-state index in [2.05, 4.69) is 15.2 Å². The number of hydrogen-bond donors (Lipinski definition) is 0. The Labute approximate surface area is 117 Å². The summed E-state index contributed by atoms with van der Waals surface area (Å²) in [4.78, 5) is 26.4. The molecule has 0 heterocycles. The lowest BCUT2D eigenvalue weighted by molar-refractivity contribution is 0.0519. The lowest BCUT2D eigenvalue weighted by atomic mass is 10.2. The normalized spacial score (nSPS) is 10.6. The molecule has 0 saturated heterocycles. The Balaban J connectivity index is 2.00. The van der Waals surface area contributed by atoms with Crippen LogP contribution in [-0.4, -0.2) is 12.2 Å². The third-order valence-electron chi connectivity index (χ3n) is 2.49. The van der Waals surface area contributed by atoms with Gasteiger partial charge in [-0.25, -0.2) is 13.6 Å². The van der Waals surface area contributed by atoms with E-state index in [4.69, 9.17) is 0 Å². The first-order valence-electron chi connectivity index (χ1n) is 5.73. The monoisotopic (exact) mass is 290 g/mol. The molecule has 106 valence electrons. The second-order valence-corrected chi connectivity index (χ2v) is 3.92. The van der Waals surface area contributed by atoms with E-state index in [-0.39, 0.29) is 16.8 Å². The van der Waals surface area contributed by atoms with Crippen molar-refractivity contribution in [2.45, 2.75) is 0 Å².